The van der Waals surface area contributed by atoms with Crippen LogP contribution in [0, 0.1) is 0 Å². The third-order valence-electron chi connectivity index (χ3n) is 2.47. The van der Waals surface area contributed by atoms with E-state index < -0.39 is 5.97 Å². The smallest absolute Gasteiger partial charge is 0.335 e. The summed E-state index contributed by atoms with van der Waals surface area (Å²) in [5.41, 5.74) is 1.20. The number of aromatic carboxylic acids is 1. The molecule has 98 valence electrons. The normalized spacial score (nSPS) is 10.1. The standard InChI is InChI=1S/C13H17NO4/c1-18-9-8-14-12(15)7-4-10-2-5-11(6-3-10)13(16)17/h2-3,5-6H,4,7-9H2,1H3,(H,14,15)(H,16,17). The van der Waals surface area contributed by atoms with Crippen molar-refractivity contribution in [1.82, 2.24) is 5.32 Å². The maximum absolute atomic E-state index is 11.4. The number of nitrogens with one attached hydrogen (secondary N) is 1. The predicted octanol–water partition coefficient (Wildman–Crippen LogP) is 1.08. The van der Waals surface area contributed by atoms with E-state index in [2.05, 4.69) is 5.32 Å². The number of carboxylic acids is 1. The zero-order chi connectivity index (χ0) is 13.4. The van der Waals surface area contributed by atoms with Crippen molar-refractivity contribution in [3.05, 3.63) is 35.4 Å². The molecule has 5 nitrogen and oxygen atoms in total. The Balaban J connectivity index is 2.34. The maximum atomic E-state index is 11.4. The van der Waals surface area contributed by atoms with Crippen molar-refractivity contribution < 1.29 is 19.4 Å². The van der Waals surface area contributed by atoms with Gasteiger partial charge in [-0.3, -0.25) is 4.79 Å². The molecule has 0 saturated carbocycles. The zero-order valence-corrected chi connectivity index (χ0v) is 10.3. The van der Waals surface area contributed by atoms with Gasteiger partial charge in [-0.05, 0) is 24.1 Å². The molecule has 0 aliphatic heterocycles. The van der Waals surface area contributed by atoms with E-state index in [1.165, 1.54) is 0 Å². The van der Waals surface area contributed by atoms with Crippen molar-refractivity contribution in [2.75, 3.05) is 20.3 Å². The first-order chi connectivity index (χ1) is 8.63. The number of methoxy groups -OCH3 is 1. The molecule has 18 heavy (non-hydrogen) atoms. The van der Waals surface area contributed by atoms with Crippen LogP contribution < -0.4 is 5.32 Å². The van der Waals surface area contributed by atoms with Gasteiger partial charge in [-0.15, -0.1) is 0 Å². The van der Waals surface area contributed by atoms with Crippen molar-refractivity contribution in [1.29, 1.82) is 0 Å². The molecule has 0 saturated heterocycles. The zero-order valence-electron chi connectivity index (χ0n) is 10.3. The number of carboxylic acid groups (broad SMARTS) is 1. The number of amides is 1. The van der Waals surface area contributed by atoms with Gasteiger partial charge in [0.2, 0.25) is 5.91 Å². The van der Waals surface area contributed by atoms with Gasteiger partial charge in [-0.1, -0.05) is 12.1 Å². The Morgan fingerprint density at radius 1 is 1.28 bits per heavy atom. The van der Waals surface area contributed by atoms with E-state index in [0.29, 0.717) is 26.0 Å². The Morgan fingerprint density at radius 2 is 1.94 bits per heavy atom. The van der Waals surface area contributed by atoms with Gasteiger partial charge in [0, 0.05) is 20.1 Å². The summed E-state index contributed by atoms with van der Waals surface area (Å²) in [6.07, 6.45) is 0.981. The summed E-state index contributed by atoms with van der Waals surface area (Å²) in [5, 5.41) is 11.5. The van der Waals surface area contributed by atoms with E-state index in [4.69, 9.17) is 9.84 Å². The van der Waals surface area contributed by atoms with Crippen LogP contribution in [0.25, 0.3) is 0 Å². The van der Waals surface area contributed by atoms with Gasteiger partial charge in [0.25, 0.3) is 0 Å². The number of hydrogen-bond donors (Lipinski definition) is 2. The van der Waals surface area contributed by atoms with Crippen molar-refractivity contribution in [2.45, 2.75) is 12.8 Å². The van der Waals surface area contributed by atoms with Crippen LogP contribution in [0.3, 0.4) is 0 Å². The third kappa shape index (κ3) is 4.97. The first-order valence-corrected chi connectivity index (χ1v) is 5.71. The minimum Gasteiger partial charge on any atom is -0.478 e. The highest BCUT2D eigenvalue weighted by molar-refractivity contribution is 5.87. The first kappa shape index (κ1) is 14.2. The monoisotopic (exact) mass is 251 g/mol. The summed E-state index contributed by atoms with van der Waals surface area (Å²) in [4.78, 5) is 22.1. The second-order valence-electron chi connectivity index (χ2n) is 3.84. The molecule has 0 aromatic heterocycles. The van der Waals surface area contributed by atoms with Crippen LogP contribution in [0.4, 0.5) is 0 Å². The van der Waals surface area contributed by atoms with E-state index in [-0.39, 0.29) is 11.5 Å². The van der Waals surface area contributed by atoms with Crippen LogP contribution >= 0.6 is 0 Å². The summed E-state index contributed by atoms with van der Waals surface area (Å²) >= 11 is 0. The number of carbonyl (C=O) groups excluding carboxylic acids is 1. The van der Waals surface area contributed by atoms with E-state index in [9.17, 15) is 9.59 Å². The summed E-state index contributed by atoms with van der Waals surface area (Å²) in [6.45, 7) is 1.01. The van der Waals surface area contributed by atoms with E-state index >= 15 is 0 Å². The molecule has 1 aromatic carbocycles. The molecule has 1 rings (SSSR count). The highest BCUT2D eigenvalue weighted by Crippen LogP contribution is 2.06. The van der Waals surface area contributed by atoms with Gasteiger partial charge in [0.15, 0.2) is 0 Å². The molecule has 2 N–H and O–H groups in total. The molecule has 0 aliphatic rings. The molecule has 0 atom stereocenters. The fraction of sp³-hybridized carbons (Fsp3) is 0.385. The van der Waals surface area contributed by atoms with Gasteiger partial charge in [-0.25, -0.2) is 4.79 Å². The summed E-state index contributed by atoms with van der Waals surface area (Å²) in [6, 6.07) is 6.54. The molecule has 5 heteroatoms. The van der Waals surface area contributed by atoms with E-state index in [1.54, 1.807) is 31.4 Å². The number of carbonyl (C=O) groups is 2. The summed E-state index contributed by atoms with van der Waals surface area (Å²) in [5.74, 6) is -0.979. The van der Waals surface area contributed by atoms with Crippen LogP contribution in [0.1, 0.15) is 22.3 Å². The first-order valence-electron chi connectivity index (χ1n) is 5.71. The minimum absolute atomic E-state index is 0.0330. The van der Waals surface area contributed by atoms with Crippen molar-refractivity contribution in [3.8, 4) is 0 Å². The Morgan fingerprint density at radius 3 is 2.50 bits per heavy atom. The minimum atomic E-state index is -0.946. The third-order valence-corrected chi connectivity index (χ3v) is 2.47. The second-order valence-corrected chi connectivity index (χ2v) is 3.84. The Hall–Kier alpha value is -1.88. The SMILES string of the molecule is COCCNC(=O)CCc1ccc(C(=O)O)cc1. The lowest BCUT2D eigenvalue weighted by Gasteiger charge is -2.04. The lowest BCUT2D eigenvalue weighted by atomic mass is 10.1. The van der Waals surface area contributed by atoms with Crippen LogP contribution in [0.2, 0.25) is 0 Å². The number of rotatable bonds is 7. The molecular formula is C13H17NO4. The Kier molecular flexibility index (Phi) is 5.87. The molecule has 0 radical (unpaired) electrons. The fourth-order valence-corrected chi connectivity index (χ4v) is 1.45. The average Bonchev–Trinajstić information content (AvgIpc) is 2.37. The molecule has 1 amide bonds. The highest BCUT2D eigenvalue weighted by atomic mass is 16.5. The van der Waals surface area contributed by atoms with Gasteiger partial charge in [-0.2, -0.15) is 0 Å². The molecule has 0 bridgehead atoms. The van der Waals surface area contributed by atoms with E-state index in [1.807, 2.05) is 0 Å². The Bertz CT molecular complexity index is 400. The van der Waals surface area contributed by atoms with Gasteiger partial charge >= 0.3 is 5.97 Å². The number of aryl methyl sites for hydroxylation is 1. The molecule has 0 fully saturated rings. The molecule has 0 unspecified atom stereocenters. The van der Waals surface area contributed by atoms with Crippen molar-refractivity contribution in [2.24, 2.45) is 0 Å². The largest absolute Gasteiger partial charge is 0.478 e. The molecule has 0 spiro atoms. The number of benzene rings is 1. The lowest BCUT2D eigenvalue weighted by molar-refractivity contribution is -0.121. The molecule has 1 aromatic rings. The van der Waals surface area contributed by atoms with E-state index in [0.717, 1.165) is 5.56 Å². The molecule has 0 heterocycles. The molecular weight excluding hydrogens is 234 g/mol. The van der Waals surface area contributed by atoms with Gasteiger partial charge in [0.1, 0.15) is 0 Å². The van der Waals surface area contributed by atoms with Crippen LogP contribution in [0.5, 0.6) is 0 Å². The van der Waals surface area contributed by atoms with Crippen molar-refractivity contribution >= 4 is 11.9 Å². The molecule has 0 aliphatic carbocycles. The van der Waals surface area contributed by atoms with Crippen LogP contribution in [-0.2, 0) is 16.0 Å². The quantitative estimate of drug-likeness (QED) is 0.711. The van der Waals surface area contributed by atoms with Crippen LogP contribution in [-0.4, -0.2) is 37.2 Å². The van der Waals surface area contributed by atoms with Gasteiger partial charge in [0.05, 0.1) is 12.2 Å². The fourth-order valence-electron chi connectivity index (χ4n) is 1.45. The lowest BCUT2D eigenvalue weighted by Crippen LogP contribution is -2.27. The maximum Gasteiger partial charge on any atom is 0.335 e. The predicted molar refractivity (Wildman–Crippen MR) is 66.6 cm³/mol. The number of hydrogen-bond acceptors (Lipinski definition) is 3. The number of ether oxygens (including phenoxy) is 1. The van der Waals surface area contributed by atoms with Crippen LogP contribution in [0.15, 0.2) is 24.3 Å². The van der Waals surface area contributed by atoms with Crippen molar-refractivity contribution in [3.63, 3.8) is 0 Å². The summed E-state index contributed by atoms with van der Waals surface area (Å²) in [7, 11) is 1.58. The average molecular weight is 251 g/mol. The summed E-state index contributed by atoms with van der Waals surface area (Å²) < 4.78 is 4.82. The highest BCUT2D eigenvalue weighted by Gasteiger charge is 2.04. The Labute approximate surface area is 106 Å². The van der Waals surface area contributed by atoms with Gasteiger partial charge < -0.3 is 15.2 Å². The second kappa shape index (κ2) is 7.45. The topological polar surface area (TPSA) is 75.6 Å².